The molecule has 0 bridgehead atoms. The van der Waals surface area contributed by atoms with Gasteiger partial charge in [0.15, 0.2) is 5.78 Å². The number of hydrogen-bond donors (Lipinski definition) is 2. The number of allylic oxidation sites excluding steroid dienone is 1. The summed E-state index contributed by atoms with van der Waals surface area (Å²) >= 11 is 0. The van der Waals surface area contributed by atoms with Crippen molar-refractivity contribution in [2.24, 2.45) is 0 Å². The first kappa shape index (κ1) is 10.7. The van der Waals surface area contributed by atoms with Crippen LogP contribution in [-0.2, 0) is 4.79 Å². The molecule has 1 saturated carbocycles. The van der Waals surface area contributed by atoms with Crippen molar-refractivity contribution in [1.29, 1.82) is 0 Å². The summed E-state index contributed by atoms with van der Waals surface area (Å²) in [6.07, 6.45) is 5.51. The van der Waals surface area contributed by atoms with Crippen molar-refractivity contribution < 1.29 is 4.79 Å². The number of hydrogen-bond acceptors (Lipinski definition) is 3. The van der Waals surface area contributed by atoms with E-state index in [2.05, 4.69) is 5.32 Å². The molecule has 2 rings (SSSR count). The van der Waals surface area contributed by atoms with E-state index in [9.17, 15) is 4.79 Å². The number of rotatable bonds is 2. The molecule has 0 aromatic heterocycles. The normalized spacial score (nSPS) is 18.8. The minimum absolute atomic E-state index is 0.266. The molecule has 0 radical (unpaired) electrons. The van der Waals surface area contributed by atoms with Gasteiger partial charge < -0.3 is 11.1 Å². The fourth-order valence-corrected chi connectivity index (χ4v) is 1.85. The number of anilines is 2. The predicted molar refractivity (Wildman–Crippen MR) is 66.0 cm³/mol. The number of Topliss-reactive ketones (excluding diaryl/α,β-unsaturated/α-hetero) is 1. The second-order valence-electron chi connectivity index (χ2n) is 4.07. The van der Waals surface area contributed by atoms with Gasteiger partial charge >= 0.3 is 0 Å². The summed E-state index contributed by atoms with van der Waals surface area (Å²) in [6.45, 7) is 0. The number of carbonyl (C=O) groups is 1. The Labute approximate surface area is 95.3 Å². The summed E-state index contributed by atoms with van der Waals surface area (Å²) in [4.78, 5) is 11.5. The monoisotopic (exact) mass is 216 g/mol. The second-order valence-corrected chi connectivity index (χ2v) is 4.07. The van der Waals surface area contributed by atoms with Crippen molar-refractivity contribution in [2.75, 3.05) is 11.1 Å². The third kappa shape index (κ3) is 2.63. The lowest BCUT2D eigenvalue weighted by Gasteiger charge is -2.12. The van der Waals surface area contributed by atoms with Crippen molar-refractivity contribution in [3.05, 3.63) is 36.0 Å². The Kier molecular flexibility index (Phi) is 3.25. The van der Waals surface area contributed by atoms with Crippen LogP contribution in [0.3, 0.4) is 0 Å². The molecule has 84 valence electrons. The molecule has 0 aliphatic heterocycles. The highest BCUT2D eigenvalue weighted by Crippen LogP contribution is 2.20. The molecule has 16 heavy (non-hydrogen) atoms. The van der Waals surface area contributed by atoms with Crippen molar-refractivity contribution in [2.45, 2.75) is 25.7 Å². The summed E-state index contributed by atoms with van der Waals surface area (Å²) in [5, 5.41) is 3.12. The maximum atomic E-state index is 11.5. The number of nitrogens with two attached hydrogens (primary N) is 1. The Morgan fingerprint density at radius 1 is 1.25 bits per heavy atom. The SMILES string of the molecule is Nc1cccc(N/C=C2/CCCCC2=O)c1. The third-order valence-corrected chi connectivity index (χ3v) is 2.76. The maximum absolute atomic E-state index is 11.5. The Morgan fingerprint density at radius 3 is 2.81 bits per heavy atom. The average Bonchev–Trinajstić information content (AvgIpc) is 2.28. The van der Waals surface area contributed by atoms with Crippen LogP contribution in [0.5, 0.6) is 0 Å². The van der Waals surface area contributed by atoms with Crippen LogP contribution >= 0.6 is 0 Å². The van der Waals surface area contributed by atoms with E-state index in [1.54, 1.807) is 0 Å². The van der Waals surface area contributed by atoms with Crippen LogP contribution in [0, 0.1) is 0 Å². The van der Waals surface area contributed by atoms with Crippen LogP contribution in [-0.4, -0.2) is 5.78 Å². The molecule has 1 aliphatic rings. The van der Waals surface area contributed by atoms with Gasteiger partial charge in [0.2, 0.25) is 0 Å². The Hall–Kier alpha value is -1.77. The Morgan fingerprint density at radius 2 is 2.06 bits per heavy atom. The molecule has 0 heterocycles. The summed E-state index contributed by atoms with van der Waals surface area (Å²) in [5.74, 6) is 0.266. The van der Waals surface area contributed by atoms with Crippen molar-refractivity contribution in [1.82, 2.24) is 0 Å². The molecule has 3 nitrogen and oxygen atoms in total. The first-order valence-corrected chi connectivity index (χ1v) is 5.60. The topological polar surface area (TPSA) is 55.1 Å². The number of carbonyl (C=O) groups excluding carboxylic acids is 1. The molecule has 0 atom stereocenters. The molecular weight excluding hydrogens is 200 g/mol. The lowest BCUT2D eigenvalue weighted by molar-refractivity contribution is -0.116. The number of nitrogen functional groups attached to an aromatic ring is 1. The zero-order valence-corrected chi connectivity index (χ0v) is 9.20. The van der Waals surface area contributed by atoms with Crippen molar-refractivity contribution >= 4 is 17.2 Å². The van der Waals surface area contributed by atoms with E-state index in [1.165, 1.54) is 0 Å². The number of nitrogens with one attached hydrogen (secondary N) is 1. The van der Waals surface area contributed by atoms with Gasteiger partial charge in [-0.25, -0.2) is 0 Å². The van der Waals surface area contributed by atoms with E-state index >= 15 is 0 Å². The maximum Gasteiger partial charge on any atom is 0.160 e. The largest absolute Gasteiger partial charge is 0.399 e. The minimum atomic E-state index is 0.266. The van der Waals surface area contributed by atoms with Gasteiger partial charge in [0, 0.05) is 29.6 Å². The van der Waals surface area contributed by atoms with E-state index in [1.807, 2.05) is 30.5 Å². The first-order valence-electron chi connectivity index (χ1n) is 5.60. The van der Waals surface area contributed by atoms with Crippen LogP contribution < -0.4 is 11.1 Å². The summed E-state index contributed by atoms with van der Waals surface area (Å²) in [7, 11) is 0. The van der Waals surface area contributed by atoms with Crippen molar-refractivity contribution in [3.8, 4) is 0 Å². The van der Waals surface area contributed by atoms with Crippen LogP contribution in [0.15, 0.2) is 36.0 Å². The quantitative estimate of drug-likeness (QED) is 0.590. The molecular formula is C13H16N2O. The van der Waals surface area contributed by atoms with Crippen LogP contribution in [0.25, 0.3) is 0 Å². The molecule has 1 fully saturated rings. The highest BCUT2D eigenvalue weighted by Gasteiger charge is 2.14. The zero-order chi connectivity index (χ0) is 11.4. The molecule has 3 N–H and O–H groups in total. The zero-order valence-electron chi connectivity index (χ0n) is 9.20. The molecule has 0 spiro atoms. The third-order valence-electron chi connectivity index (χ3n) is 2.76. The smallest absolute Gasteiger partial charge is 0.160 e. The fourth-order valence-electron chi connectivity index (χ4n) is 1.85. The van der Waals surface area contributed by atoms with E-state index in [-0.39, 0.29) is 5.78 Å². The molecule has 1 aromatic rings. The number of ketones is 1. The van der Waals surface area contributed by atoms with Gasteiger partial charge in [0.1, 0.15) is 0 Å². The van der Waals surface area contributed by atoms with Crippen LogP contribution in [0.1, 0.15) is 25.7 Å². The van der Waals surface area contributed by atoms with Crippen molar-refractivity contribution in [3.63, 3.8) is 0 Å². The summed E-state index contributed by atoms with van der Waals surface area (Å²) in [5.41, 5.74) is 8.21. The summed E-state index contributed by atoms with van der Waals surface area (Å²) < 4.78 is 0. The van der Waals surface area contributed by atoms with Crippen LogP contribution in [0.4, 0.5) is 11.4 Å². The first-order chi connectivity index (χ1) is 7.75. The fraction of sp³-hybridized carbons (Fsp3) is 0.308. The van der Waals surface area contributed by atoms with Gasteiger partial charge in [-0.05, 0) is 37.5 Å². The van der Waals surface area contributed by atoms with Gasteiger partial charge in [-0.3, -0.25) is 4.79 Å². The number of benzene rings is 1. The minimum Gasteiger partial charge on any atom is -0.399 e. The molecule has 0 unspecified atom stereocenters. The van der Waals surface area contributed by atoms with E-state index in [0.29, 0.717) is 6.42 Å². The van der Waals surface area contributed by atoms with Gasteiger partial charge in [-0.15, -0.1) is 0 Å². The van der Waals surface area contributed by atoms with E-state index < -0.39 is 0 Å². The Balaban J connectivity index is 2.05. The highest BCUT2D eigenvalue weighted by atomic mass is 16.1. The van der Waals surface area contributed by atoms with Gasteiger partial charge in [-0.1, -0.05) is 6.07 Å². The van der Waals surface area contributed by atoms with Gasteiger partial charge in [-0.2, -0.15) is 0 Å². The van der Waals surface area contributed by atoms with E-state index in [0.717, 1.165) is 36.2 Å². The van der Waals surface area contributed by atoms with Crippen LogP contribution in [0.2, 0.25) is 0 Å². The molecule has 1 aromatic carbocycles. The molecule has 3 heteroatoms. The second kappa shape index (κ2) is 4.84. The molecule has 1 aliphatic carbocycles. The van der Waals surface area contributed by atoms with E-state index in [4.69, 9.17) is 5.73 Å². The van der Waals surface area contributed by atoms with Gasteiger partial charge in [0.05, 0.1) is 0 Å². The summed E-state index contributed by atoms with van der Waals surface area (Å²) in [6, 6.07) is 7.51. The van der Waals surface area contributed by atoms with Gasteiger partial charge in [0.25, 0.3) is 0 Å². The highest BCUT2D eigenvalue weighted by molar-refractivity contribution is 5.96. The molecule has 0 amide bonds. The standard InChI is InChI=1S/C13H16N2O/c14-11-5-3-6-12(8-11)15-9-10-4-1-2-7-13(10)16/h3,5-6,8-9,15H,1-2,4,7,14H2/b10-9-. The Bertz CT molecular complexity index is 424. The lowest BCUT2D eigenvalue weighted by Crippen LogP contribution is -2.09. The molecule has 0 saturated heterocycles. The predicted octanol–water partition coefficient (Wildman–Crippen LogP) is 2.71. The average molecular weight is 216 g/mol. The lowest BCUT2D eigenvalue weighted by atomic mass is 9.94.